The van der Waals surface area contributed by atoms with E-state index in [9.17, 15) is 4.79 Å². The third-order valence-corrected chi connectivity index (χ3v) is 5.92. The summed E-state index contributed by atoms with van der Waals surface area (Å²) in [5, 5.41) is 0. The van der Waals surface area contributed by atoms with Gasteiger partial charge in [0.05, 0.1) is 26.9 Å². The molecule has 1 aromatic heterocycles. The van der Waals surface area contributed by atoms with Gasteiger partial charge in [-0.1, -0.05) is 26.0 Å². The predicted octanol–water partition coefficient (Wildman–Crippen LogP) is 3.14. The van der Waals surface area contributed by atoms with Gasteiger partial charge < -0.3 is 23.8 Å². The average molecular weight is 470 g/mol. The first-order chi connectivity index (χ1) is 16.5. The Hall–Kier alpha value is -2.84. The second-order valence-corrected chi connectivity index (χ2v) is 9.25. The number of amides is 1. The van der Waals surface area contributed by atoms with E-state index >= 15 is 0 Å². The van der Waals surface area contributed by atoms with Gasteiger partial charge in [0.2, 0.25) is 5.88 Å². The van der Waals surface area contributed by atoms with Crippen LogP contribution in [-0.4, -0.2) is 73.4 Å². The molecule has 8 heteroatoms. The average Bonchev–Trinajstić information content (AvgIpc) is 3.09. The van der Waals surface area contributed by atoms with E-state index in [1.165, 1.54) is 0 Å². The zero-order valence-corrected chi connectivity index (χ0v) is 20.4. The highest BCUT2D eigenvalue weighted by molar-refractivity contribution is 5.81. The number of fused-ring (bicyclic) bond motifs is 1. The summed E-state index contributed by atoms with van der Waals surface area (Å²) in [4.78, 5) is 22.0. The van der Waals surface area contributed by atoms with E-state index in [4.69, 9.17) is 18.9 Å². The molecular weight excluding hydrogens is 434 g/mol. The van der Waals surface area contributed by atoms with Crippen LogP contribution in [0.3, 0.4) is 0 Å². The minimum atomic E-state index is -0.487. The molecule has 2 aliphatic rings. The van der Waals surface area contributed by atoms with Crippen LogP contribution in [0.4, 0.5) is 0 Å². The third kappa shape index (κ3) is 6.39. The van der Waals surface area contributed by atoms with Gasteiger partial charge in [0.1, 0.15) is 6.10 Å². The van der Waals surface area contributed by atoms with E-state index in [1.54, 1.807) is 7.11 Å². The molecular formula is C26H35N3O5. The highest BCUT2D eigenvalue weighted by Gasteiger charge is 2.31. The number of carbonyl (C=O) groups is 1. The largest absolute Gasteiger partial charge is 0.490 e. The first-order valence-electron chi connectivity index (χ1n) is 12.0. The van der Waals surface area contributed by atoms with E-state index in [-0.39, 0.29) is 5.91 Å². The fourth-order valence-electron chi connectivity index (χ4n) is 4.28. The molecule has 0 bridgehead atoms. The van der Waals surface area contributed by atoms with E-state index in [2.05, 4.69) is 23.7 Å². The zero-order chi connectivity index (χ0) is 23.9. The van der Waals surface area contributed by atoms with Crippen molar-refractivity contribution in [3.8, 4) is 17.4 Å². The molecule has 0 radical (unpaired) electrons. The Balaban J connectivity index is 1.42. The molecule has 0 N–H and O–H groups in total. The summed E-state index contributed by atoms with van der Waals surface area (Å²) in [6, 6.07) is 9.81. The summed E-state index contributed by atoms with van der Waals surface area (Å²) in [5.41, 5.74) is 2.11. The molecule has 1 saturated heterocycles. The summed E-state index contributed by atoms with van der Waals surface area (Å²) >= 11 is 0. The number of carbonyl (C=O) groups excluding carboxylic acids is 1. The van der Waals surface area contributed by atoms with Crippen LogP contribution in [0.15, 0.2) is 36.5 Å². The lowest BCUT2D eigenvalue weighted by molar-refractivity contribution is -0.151. The van der Waals surface area contributed by atoms with Crippen molar-refractivity contribution in [2.45, 2.75) is 39.5 Å². The minimum absolute atomic E-state index is 0.0263. The molecule has 2 aliphatic heterocycles. The Labute approximate surface area is 201 Å². The van der Waals surface area contributed by atoms with Gasteiger partial charge in [0.25, 0.3) is 5.91 Å². The third-order valence-electron chi connectivity index (χ3n) is 5.92. The maximum atomic E-state index is 13.6. The lowest BCUT2D eigenvalue weighted by Crippen LogP contribution is -2.51. The van der Waals surface area contributed by atoms with Crippen molar-refractivity contribution in [2.24, 2.45) is 5.92 Å². The molecule has 1 aromatic carbocycles. The molecule has 0 saturated carbocycles. The Bertz CT molecular complexity index is 950. The molecule has 1 unspecified atom stereocenters. The molecule has 2 aromatic rings. The van der Waals surface area contributed by atoms with Gasteiger partial charge in [0.15, 0.2) is 11.5 Å². The molecule has 184 valence electrons. The van der Waals surface area contributed by atoms with Crippen LogP contribution in [0.5, 0.6) is 17.4 Å². The fraction of sp³-hybridized carbons (Fsp3) is 0.538. The number of benzene rings is 1. The second-order valence-electron chi connectivity index (χ2n) is 9.25. The second kappa shape index (κ2) is 11.5. The first kappa shape index (κ1) is 24.3. The lowest BCUT2D eigenvalue weighted by atomic mass is 10.1. The summed E-state index contributed by atoms with van der Waals surface area (Å²) in [7, 11) is 1.61. The highest BCUT2D eigenvalue weighted by atomic mass is 16.5. The number of morpholine rings is 1. The number of nitrogens with zero attached hydrogens (tertiary/aromatic N) is 3. The van der Waals surface area contributed by atoms with Gasteiger partial charge in [-0.3, -0.25) is 9.69 Å². The first-order valence-corrected chi connectivity index (χ1v) is 12.0. The number of methoxy groups -OCH3 is 1. The molecule has 1 amide bonds. The van der Waals surface area contributed by atoms with Gasteiger partial charge in [-0.05, 0) is 29.2 Å². The van der Waals surface area contributed by atoms with Crippen LogP contribution in [0, 0.1) is 5.92 Å². The maximum Gasteiger partial charge on any atom is 0.253 e. The van der Waals surface area contributed by atoms with Gasteiger partial charge in [0, 0.05) is 51.4 Å². The summed E-state index contributed by atoms with van der Waals surface area (Å²) in [6.45, 7) is 9.30. The van der Waals surface area contributed by atoms with Crippen molar-refractivity contribution in [1.29, 1.82) is 0 Å². The predicted molar refractivity (Wildman–Crippen MR) is 128 cm³/mol. The molecule has 34 heavy (non-hydrogen) atoms. The molecule has 0 aliphatic carbocycles. The number of aromatic nitrogens is 1. The molecule has 3 heterocycles. The number of rotatable bonds is 8. The monoisotopic (exact) mass is 469 g/mol. The fourth-order valence-corrected chi connectivity index (χ4v) is 4.28. The Kier molecular flexibility index (Phi) is 8.24. The molecule has 0 spiro atoms. The van der Waals surface area contributed by atoms with E-state index in [0.29, 0.717) is 51.3 Å². The SMILES string of the molecule is COc1ccc(CN2CCOC(C(=O)N(Cc3ccc4c(c3)OCCCO4)CC(C)C)C2)cn1. The standard InChI is InChI=1S/C26H35N3O5/c1-19(2)15-29(17-20-5-7-22-23(13-20)33-11-4-10-32-22)26(30)24-18-28(9-12-34-24)16-21-6-8-25(31-3)27-14-21/h5-8,13-14,19,24H,4,9-12,15-18H2,1-3H3. The van der Waals surface area contributed by atoms with Crippen molar-refractivity contribution in [1.82, 2.24) is 14.8 Å². The summed E-state index contributed by atoms with van der Waals surface area (Å²) in [5.74, 6) is 2.48. The Morgan fingerprint density at radius 3 is 2.68 bits per heavy atom. The van der Waals surface area contributed by atoms with Crippen LogP contribution >= 0.6 is 0 Å². The van der Waals surface area contributed by atoms with Crippen molar-refractivity contribution >= 4 is 5.91 Å². The maximum absolute atomic E-state index is 13.6. The lowest BCUT2D eigenvalue weighted by Gasteiger charge is -2.35. The van der Waals surface area contributed by atoms with Gasteiger partial charge in [-0.25, -0.2) is 4.98 Å². The van der Waals surface area contributed by atoms with Crippen LogP contribution < -0.4 is 14.2 Å². The van der Waals surface area contributed by atoms with Crippen LogP contribution in [0.25, 0.3) is 0 Å². The summed E-state index contributed by atoms with van der Waals surface area (Å²) < 4.78 is 22.7. The van der Waals surface area contributed by atoms with Gasteiger partial charge in [-0.15, -0.1) is 0 Å². The number of pyridine rings is 1. The Morgan fingerprint density at radius 2 is 1.94 bits per heavy atom. The topological polar surface area (TPSA) is 73.4 Å². The van der Waals surface area contributed by atoms with Crippen LogP contribution in [0.1, 0.15) is 31.4 Å². The highest BCUT2D eigenvalue weighted by Crippen LogP contribution is 2.31. The molecule has 1 fully saturated rings. The molecule has 4 rings (SSSR count). The number of hydrogen-bond acceptors (Lipinski definition) is 7. The zero-order valence-electron chi connectivity index (χ0n) is 20.4. The van der Waals surface area contributed by atoms with Crippen molar-refractivity contribution < 1.29 is 23.7 Å². The van der Waals surface area contributed by atoms with Crippen LogP contribution in [-0.2, 0) is 22.6 Å². The van der Waals surface area contributed by atoms with Gasteiger partial charge >= 0.3 is 0 Å². The molecule has 1 atom stereocenters. The van der Waals surface area contributed by atoms with Crippen molar-refractivity contribution in [3.05, 3.63) is 47.7 Å². The number of hydrogen-bond donors (Lipinski definition) is 0. The minimum Gasteiger partial charge on any atom is -0.490 e. The van der Waals surface area contributed by atoms with Crippen molar-refractivity contribution in [3.63, 3.8) is 0 Å². The van der Waals surface area contributed by atoms with E-state index in [1.807, 2.05) is 41.4 Å². The van der Waals surface area contributed by atoms with Crippen molar-refractivity contribution in [2.75, 3.05) is 46.6 Å². The Morgan fingerprint density at radius 1 is 1.15 bits per heavy atom. The normalized spacial score (nSPS) is 18.4. The van der Waals surface area contributed by atoms with E-state index < -0.39 is 6.10 Å². The van der Waals surface area contributed by atoms with E-state index in [0.717, 1.165) is 42.1 Å². The smallest absolute Gasteiger partial charge is 0.253 e. The number of ether oxygens (including phenoxy) is 4. The summed E-state index contributed by atoms with van der Waals surface area (Å²) in [6.07, 6.45) is 2.20. The van der Waals surface area contributed by atoms with Gasteiger partial charge in [-0.2, -0.15) is 0 Å². The quantitative estimate of drug-likeness (QED) is 0.588. The van der Waals surface area contributed by atoms with Crippen LogP contribution in [0.2, 0.25) is 0 Å². The molecule has 8 nitrogen and oxygen atoms in total.